The van der Waals surface area contributed by atoms with Crippen molar-refractivity contribution in [3.63, 3.8) is 0 Å². The van der Waals surface area contributed by atoms with Gasteiger partial charge >= 0.3 is 75.8 Å². The Morgan fingerprint density at radius 3 is 1.92 bits per heavy atom. The van der Waals surface area contributed by atoms with Crippen LogP contribution in [0.15, 0.2) is 12.1 Å². The molecule has 0 saturated carbocycles. The van der Waals surface area contributed by atoms with E-state index in [1.165, 1.54) is 0 Å². The van der Waals surface area contributed by atoms with Gasteiger partial charge in [-0.2, -0.15) is 0 Å². The number of rotatable bonds is 1. The number of benzene rings is 1. The summed E-state index contributed by atoms with van der Waals surface area (Å²) >= 11 is 2.19. The molecule has 0 fully saturated rings. The van der Waals surface area contributed by atoms with Gasteiger partial charge in [-0.1, -0.05) is 0 Å². The third-order valence-electron chi connectivity index (χ3n) is 1.31. The van der Waals surface area contributed by atoms with Crippen LogP contribution in [-0.4, -0.2) is 36.0 Å². The first-order valence-corrected chi connectivity index (χ1v) is 3.84. The first-order valence-electron chi connectivity index (χ1n) is 2.98. The molecule has 0 atom stereocenters. The molecule has 1 aromatic rings. The van der Waals surface area contributed by atoms with Gasteiger partial charge in [0.25, 0.3) is 0 Å². The van der Waals surface area contributed by atoms with Crippen LogP contribution < -0.4 is 0 Å². The van der Waals surface area contributed by atoms with E-state index in [1.54, 1.807) is 0 Å². The van der Waals surface area contributed by atoms with Crippen LogP contribution in [0.25, 0.3) is 0 Å². The summed E-state index contributed by atoms with van der Waals surface area (Å²) in [5, 5.41) is 26.8. The molecule has 1 aromatic carbocycles. The molecule has 0 heterocycles. The van der Waals surface area contributed by atoms with Crippen LogP contribution in [0.1, 0.15) is 10.4 Å². The molecule has 0 aliphatic carbocycles. The third-order valence-corrected chi connectivity index (χ3v) is 1.80. The van der Waals surface area contributed by atoms with Crippen molar-refractivity contribution >= 4 is 20.7 Å². The summed E-state index contributed by atoms with van der Waals surface area (Å²) in [7, 11) is 0. The van der Waals surface area contributed by atoms with Gasteiger partial charge in [0.1, 0.15) is 0 Å². The quantitative estimate of drug-likeness (QED) is 0.474. The van der Waals surface area contributed by atoms with E-state index in [0.717, 1.165) is 12.1 Å². The molecular weight excluding hydrogens is 227 g/mol. The Morgan fingerprint density at radius 1 is 1.17 bits per heavy atom. The predicted molar refractivity (Wildman–Crippen MR) is 41.5 cm³/mol. The van der Waals surface area contributed by atoms with Crippen LogP contribution in [0.5, 0.6) is 17.2 Å². The van der Waals surface area contributed by atoms with E-state index in [0.29, 0.717) is 0 Å². The maximum atomic E-state index is 10.7. The minimum atomic E-state index is -0.625. The molecule has 0 aromatic heterocycles. The maximum absolute atomic E-state index is 10.7. The van der Waals surface area contributed by atoms with Crippen molar-refractivity contribution in [1.29, 1.82) is 0 Å². The minimum absolute atomic E-state index is 0.0998. The summed E-state index contributed by atoms with van der Waals surface area (Å²) in [5.41, 5.74) is 0.0998. The van der Waals surface area contributed by atoms with Gasteiger partial charge in [0.2, 0.25) is 0 Å². The molecule has 0 bridgehead atoms. The monoisotopic (exact) mass is 233 g/mol. The Morgan fingerprint density at radius 2 is 1.58 bits per heavy atom. The van der Waals surface area contributed by atoms with Crippen LogP contribution in [0.3, 0.4) is 0 Å². The number of carbonyl (C=O) groups is 1. The fraction of sp³-hybridized carbons (Fsp3) is 0. The van der Waals surface area contributed by atoms with Crippen LogP contribution >= 0.6 is 0 Å². The van der Waals surface area contributed by atoms with Crippen molar-refractivity contribution < 1.29 is 20.1 Å². The second-order valence-corrected chi connectivity index (χ2v) is 2.93. The van der Waals surface area contributed by atoms with Crippen LogP contribution in [0.2, 0.25) is 0 Å². The Labute approximate surface area is 76.3 Å². The molecule has 0 amide bonds. The van der Waals surface area contributed by atoms with Gasteiger partial charge < -0.3 is 0 Å². The predicted octanol–water partition coefficient (Wildman–Crippen LogP) is 0.112. The standard InChI is InChI=1S/C7H5O4Se/c8-4-1-3(7(11)12)2-5(9)6(4)10/h1-2,8-10H. The van der Waals surface area contributed by atoms with Crippen molar-refractivity contribution in [2.45, 2.75) is 0 Å². The Bertz CT molecular complexity index is 311. The number of hydrogen-bond donors (Lipinski definition) is 3. The van der Waals surface area contributed by atoms with Crippen LogP contribution in [0.4, 0.5) is 0 Å². The molecule has 0 spiro atoms. The van der Waals surface area contributed by atoms with E-state index in [1.807, 2.05) is 0 Å². The molecule has 63 valence electrons. The summed E-state index contributed by atoms with van der Waals surface area (Å²) in [6, 6.07) is 2.13. The first kappa shape index (κ1) is 8.90. The van der Waals surface area contributed by atoms with Crippen LogP contribution in [-0.2, 0) is 0 Å². The average molecular weight is 232 g/mol. The Balaban J connectivity index is 3.31. The van der Waals surface area contributed by atoms with E-state index >= 15 is 0 Å². The van der Waals surface area contributed by atoms with E-state index in [2.05, 4.69) is 16.0 Å². The van der Waals surface area contributed by atoms with Crippen LogP contribution in [0, 0.1) is 0 Å². The molecule has 0 saturated heterocycles. The average Bonchev–Trinajstić information content (AvgIpc) is 1.99. The normalized spacial score (nSPS) is 9.67. The van der Waals surface area contributed by atoms with Crippen molar-refractivity contribution in [2.24, 2.45) is 0 Å². The fourth-order valence-corrected chi connectivity index (χ4v) is 0.969. The van der Waals surface area contributed by atoms with E-state index in [-0.39, 0.29) is 5.56 Å². The summed E-state index contributed by atoms with van der Waals surface area (Å²) in [6.45, 7) is 0. The van der Waals surface area contributed by atoms with Gasteiger partial charge in [-0.05, 0) is 0 Å². The molecule has 3 N–H and O–H groups in total. The zero-order valence-electron chi connectivity index (χ0n) is 5.81. The zero-order valence-corrected chi connectivity index (χ0v) is 7.53. The second kappa shape index (κ2) is 3.05. The van der Waals surface area contributed by atoms with Gasteiger partial charge in [-0.25, -0.2) is 0 Å². The number of phenolic OH excluding ortho intramolecular Hbond substituents is 3. The number of hydrogen-bond acceptors (Lipinski definition) is 4. The molecule has 0 aliphatic rings. The topological polar surface area (TPSA) is 77.8 Å². The van der Waals surface area contributed by atoms with Gasteiger partial charge in [-0.3, -0.25) is 0 Å². The third kappa shape index (κ3) is 1.52. The first-order chi connectivity index (χ1) is 5.52. The number of carbonyl (C=O) groups excluding carboxylic acids is 1. The zero-order chi connectivity index (χ0) is 9.30. The van der Waals surface area contributed by atoms with Gasteiger partial charge in [-0.15, -0.1) is 0 Å². The second-order valence-electron chi connectivity index (χ2n) is 2.15. The molecule has 0 unspecified atom stereocenters. The molecule has 4 nitrogen and oxygen atoms in total. The summed E-state index contributed by atoms with van der Waals surface area (Å²) in [4.78, 5) is 10.7. The van der Waals surface area contributed by atoms with E-state index in [4.69, 9.17) is 15.3 Å². The van der Waals surface area contributed by atoms with Gasteiger partial charge in [0, 0.05) is 0 Å². The van der Waals surface area contributed by atoms with E-state index < -0.39 is 21.9 Å². The Hall–Kier alpha value is -1.19. The summed E-state index contributed by atoms with van der Waals surface area (Å²) < 4.78 is -0.416. The summed E-state index contributed by atoms with van der Waals surface area (Å²) in [6.07, 6.45) is 0. The number of phenols is 3. The molecule has 1 rings (SSSR count). The number of aromatic hydroxyl groups is 3. The molecule has 0 aliphatic heterocycles. The van der Waals surface area contributed by atoms with Crippen molar-refractivity contribution in [2.75, 3.05) is 0 Å². The SMILES string of the molecule is O=C([Se])c1cc(O)c(O)c(O)c1. The van der Waals surface area contributed by atoms with Crippen molar-refractivity contribution in [3.8, 4) is 17.2 Å². The van der Waals surface area contributed by atoms with Crippen molar-refractivity contribution in [3.05, 3.63) is 17.7 Å². The summed E-state index contributed by atoms with van der Waals surface area (Å²) in [5.74, 6) is -1.66. The molecule has 5 heteroatoms. The molecule has 12 heavy (non-hydrogen) atoms. The van der Waals surface area contributed by atoms with Crippen molar-refractivity contribution in [1.82, 2.24) is 0 Å². The molecular formula is C7H5O4Se. The Kier molecular flexibility index (Phi) is 2.26. The fourth-order valence-electron chi connectivity index (χ4n) is 0.722. The van der Waals surface area contributed by atoms with E-state index in [9.17, 15) is 4.79 Å². The van der Waals surface area contributed by atoms with Gasteiger partial charge in [0.05, 0.1) is 0 Å². The van der Waals surface area contributed by atoms with Gasteiger partial charge in [0.15, 0.2) is 0 Å². The molecule has 1 radical (unpaired) electrons.